The summed E-state index contributed by atoms with van der Waals surface area (Å²) in [6.45, 7) is 1.61. The van der Waals surface area contributed by atoms with Crippen LogP contribution in [0.5, 0.6) is 0 Å². The molecule has 0 aliphatic carbocycles. The van der Waals surface area contributed by atoms with Gasteiger partial charge in [0.25, 0.3) is 11.6 Å². The summed E-state index contributed by atoms with van der Waals surface area (Å²) in [5, 5.41) is 18.9. The number of hydrogen-bond donors (Lipinski definition) is 3. The smallest absolute Gasteiger partial charge is 0.269 e. The van der Waals surface area contributed by atoms with E-state index in [2.05, 4.69) is 16.0 Å². The lowest BCUT2D eigenvalue weighted by Gasteiger charge is -2.34. The summed E-state index contributed by atoms with van der Waals surface area (Å²) in [5.41, 5.74) is -0.788. The number of benzene rings is 2. The lowest BCUT2D eigenvalue weighted by molar-refractivity contribution is -0.384. The molecule has 2 aliphatic rings. The molecule has 12 nitrogen and oxygen atoms in total. The lowest BCUT2D eigenvalue weighted by Crippen LogP contribution is -2.64. The molecular formula is C28H31N5O7. The Balaban J connectivity index is 1.52. The summed E-state index contributed by atoms with van der Waals surface area (Å²) in [7, 11) is 0. The molecule has 4 rings (SSSR count). The summed E-state index contributed by atoms with van der Waals surface area (Å²) < 4.78 is 0. The molecule has 4 amide bonds. The van der Waals surface area contributed by atoms with E-state index >= 15 is 0 Å². The van der Waals surface area contributed by atoms with E-state index in [4.69, 9.17) is 0 Å². The van der Waals surface area contributed by atoms with Crippen LogP contribution >= 0.6 is 0 Å². The van der Waals surface area contributed by atoms with Crippen LogP contribution in [0.2, 0.25) is 0 Å². The molecule has 0 saturated carbocycles. The Bertz CT molecular complexity index is 1310. The Morgan fingerprint density at radius 1 is 1.07 bits per heavy atom. The van der Waals surface area contributed by atoms with E-state index in [1.807, 2.05) is 18.2 Å². The van der Waals surface area contributed by atoms with Gasteiger partial charge in [-0.1, -0.05) is 30.3 Å². The zero-order valence-corrected chi connectivity index (χ0v) is 22.1. The highest BCUT2D eigenvalue weighted by atomic mass is 16.6. The van der Waals surface area contributed by atoms with Gasteiger partial charge in [-0.05, 0) is 43.9 Å². The minimum atomic E-state index is -1.76. The Kier molecular flexibility index (Phi) is 8.56. The summed E-state index contributed by atoms with van der Waals surface area (Å²) in [5.74, 6) is -2.53. The van der Waals surface area contributed by atoms with E-state index in [1.165, 1.54) is 36.1 Å². The molecule has 0 radical (unpaired) electrons. The zero-order chi connectivity index (χ0) is 28.9. The first kappa shape index (κ1) is 28.4. The molecule has 2 aliphatic heterocycles. The quantitative estimate of drug-likeness (QED) is 0.257. The Labute approximate surface area is 230 Å². The minimum Gasteiger partial charge on any atom is -0.342 e. The standard InChI is InChI=1S/C28H31N5O7/c1-28(23(34)10-5-11-24(35)31-28)27(38)32-16-6-9-22(32)26(37)30-21(17-18-7-3-2-4-8-18)25(36)29-19-12-14-20(15-13-19)33(39)40/h2-4,7-8,12-15,21-22H,5-6,9-11,16-17H2,1H3,(H,29,36)(H,30,37)(H,31,35)/t21-,22-,28+/m0/s1. The van der Waals surface area contributed by atoms with E-state index in [0.717, 1.165) is 5.56 Å². The Hall–Kier alpha value is -4.61. The van der Waals surface area contributed by atoms with Gasteiger partial charge < -0.3 is 20.9 Å². The second-order valence-electron chi connectivity index (χ2n) is 10.2. The van der Waals surface area contributed by atoms with Crippen LogP contribution in [0, 0.1) is 10.1 Å². The van der Waals surface area contributed by atoms with Crippen LogP contribution in [0.25, 0.3) is 0 Å². The van der Waals surface area contributed by atoms with Crippen LogP contribution in [0.1, 0.15) is 44.6 Å². The van der Waals surface area contributed by atoms with Gasteiger partial charge in [-0.2, -0.15) is 0 Å². The van der Waals surface area contributed by atoms with Crippen molar-refractivity contribution in [2.75, 3.05) is 11.9 Å². The maximum absolute atomic E-state index is 13.6. The average Bonchev–Trinajstić information content (AvgIpc) is 3.38. The number of ketones is 1. The van der Waals surface area contributed by atoms with Gasteiger partial charge in [0, 0.05) is 43.6 Å². The Morgan fingerprint density at radius 3 is 2.45 bits per heavy atom. The number of likely N-dealkylation sites (tertiary alicyclic amines) is 1. The second kappa shape index (κ2) is 12.1. The van der Waals surface area contributed by atoms with Gasteiger partial charge in [0.15, 0.2) is 11.3 Å². The normalized spacial score (nSPS) is 21.6. The largest absolute Gasteiger partial charge is 0.342 e. The summed E-state index contributed by atoms with van der Waals surface area (Å²) >= 11 is 0. The van der Waals surface area contributed by atoms with E-state index in [9.17, 15) is 34.1 Å². The number of hydrogen-bond acceptors (Lipinski definition) is 7. The number of carbonyl (C=O) groups excluding carboxylic acids is 5. The molecule has 40 heavy (non-hydrogen) atoms. The molecule has 3 N–H and O–H groups in total. The third-order valence-electron chi connectivity index (χ3n) is 7.26. The van der Waals surface area contributed by atoms with Gasteiger partial charge in [-0.3, -0.25) is 34.1 Å². The van der Waals surface area contributed by atoms with Crippen molar-refractivity contribution >= 4 is 40.8 Å². The second-order valence-corrected chi connectivity index (χ2v) is 10.2. The van der Waals surface area contributed by atoms with Crippen LogP contribution in [-0.4, -0.2) is 63.4 Å². The van der Waals surface area contributed by atoms with Crippen LogP contribution in [0.3, 0.4) is 0 Å². The van der Waals surface area contributed by atoms with Gasteiger partial charge in [0.2, 0.25) is 17.7 Å². The van der Waals surface area contributed by atoms with E-state index in [1.54, 1.807) is 12.1 Å². The number of anilines is 1. The number of carbonyl (C=O) groups is 5. The van der Waals surface area contributed by atoms with Gasteiger partial charge in [0.05, 0.1) is 4.92 Å². The molecule has 2 fully saturated rings. The monoisotopic (exact) mass is 549 g/mol. The molecule has 2 heterocycles. The van der Waals surface area contributed by atoms with Crippen molar-refractivity contribution in [2.24, 2.45) is 0 Å². The van der Waals surface area contributed by atoms with Crippen LogP contribution < -0.4 is 16.0 Å². The van der Waals surface area contributed by atoms with Crippen LogP contribution in [-0.2, 0) is 30.4 Å². The number of rotatable bonds is 8. The van der Waals surface area contributed by atoms with Crippen molar-refractivity contribution in [1.29, 1.82) is 0 Å². The summed E-state index contributed by atoms with van der Waals surface area (Å²) in [6, 6.07) is 12.4. The molecule has 0 spiro atoms. The molecular weight excluding hydrogens is 518 g/mol. The van der Waals surface area contributed by atoms with Crippen molar-refractivity contribution in [3.05, 3.63) is 70.3 Å². The highest BCUT2D eigenvalue weighted by molar-refractivity contribution is 6.14. The maximum Gasteiger partial charge on any atom is 0.269 e. The average molecular weight is 550 g/mol. The third kappa shape index (κ3) is 6.33. The highest BCUT2D eigenvalue weighted by Crippen LogP contribution is 2.25. The fourth-order valence-electron chi connectivity index (χ4n) is 5.04. The topological polar surface area (TPSA) is 168 Å². The van der Waals surface area contributed by atoms with Gasteiger partial charge in [-0.15, -0.1) is 0 Å². The molecule has 3 atom stereocenters. The fraction of sp³-hybridized carbons (Fsp3) is 0.393. The molecule has 2 aromatic carbocycles. The Morgan fingerprint density at radius 2 is 1.77 bits per heavy atom. The van der Waals surface area contributed by atoms with Crippen molar-refractivity contribution in [2.45, 2.75) is 63.1 Å². The minimum absolute atomic E-state index is 0.0770. The first-order valence-electron chi connectivity index (χ1n) is 13.1. The summed E-state index contributed by atoms with van der Waals surface area (Å²) in [4.78, 5) is 77.0. The van der Waals surface area contributed by atoms with E-state index in [-0.39, 0.29) is 31.5 Å². The summed E-state index contributed by atoms with van der Waals surface area (Å²) in [6.07, 6.45) is 1.57. The van der Waals surface area contributed by atoms with Gasteiger partial charge in [-0.25, -0.2) is 0 Å². The molecule has 12 heteroatoms. The number of Topliss-reactive ketones (excluding diaryl/α,β-unsaturated/α-hetero) is 1. The van der Waals surface area contributed by atoms with Crippen molar-refractivity contribution in [1.82, 2.24) is 15.5 Å². The molecule has 2 aromatic rings. The van der Waals surface area contributed by atoms with Crippen molar-refractivity contribution in [3.63, 3.8) is 0 Å². The first-order chi connectivity index (χ1) is 19.1. The predicted octanol–water partition coefficient (Wildman–Crippen LogP) is 1.88. The highest BCUT2D eigenvalue weighted by Gasteiger charge is 2.49. The fourth-order valence-corrected chi connectivity index (χ4v) is 5.04. The number of non-ortho nitro benzene ring substituents is 1. The van der Waals surface area contributed by atoms with Crippen molar-refractivity contribution in [3.8, 4) is 0 Å². The van der Waals surface area contributed by atoms with Gasteiger partial charge in [0.1, 0.15) is 12.1 Å². The number of nitro groups is 1. The number of amides is 4. The van der Waals surface area contributed by atoms with Crippen LogP contribution in [0.15, 0.2) is 54.6 Å². The molecule has 2 saturated heterocycles. The zero-order valence-electron chi connectivity index (χ0n) is 22.1. The third-order valence-corrected chi connectivity index (χ3v) is 7.26. The molecule has 210 valence electrons. The SMILES string of the molecule is C[C@@]1(C(=O)N2CCC[C@H]2C(=O)N[C@@H](Cc2ccccc2)C(=O)Nc2ccc([N+](=O)[O-])cc2)NC(=O)CCCC1=O. The number of nitro benzene ring substituents is 1. The maximum atomic E-state index is 13.6. The number of nitrogens with zero attached hydrogens (tertiary/aromatic N) is 2. The molecule has 0 unspecified atom stereocenters. The predicted molar refractivity (Wildman–Crippen MR) is 144 cm³/mol. The number of nitrogens with one attached hydrogen (secondary N) is 3. The first-order valence-corrected chi connectivity index (χ1v) is 13.1. The van der Waals surface area contributed by atoms with Gasteiger partial charge >= 0.3 is 0 Å². The van der Waals surface area contributed by atoms with Crippen LogP contribution in [0.4, 0.5) is 11.4 Å². The lowest BCUT2D eigenvalue weighted by atomic mass is 9.92. The molecule has 0 bridgehead atoms. The van der Waals surface area contributed by atoms with Crippen molar-refractivity contribution < 1.29 is 28.9 Å². The molecule has 0 aromatic heterocycles. The van der Waals surface area contributed by atoms with E-state index < -0.39 is 52.0 Å². The van der Waals surface area contributed by atoms with E-state index in [0.29, 0.717) is 24.9 Å².